The molecule has 0 fully saturated rings. The Hall–Kier alpha value is -6.56. The number of nitrogens with zero attached hydrogens (tertiary/aromatic N) is 4. The van der Waals surface area contributed by atoms with Crippen molar-refractivity contribution in [2.45, 2.75) is 0 Å². The summed E-state index contributed by atoms with van der Waals surface area (Å²) in [5.41, 5.74) is 9.97. The maximum absolute atomic E-state index is 5.44. The Labute approximate surface area is 297 Å². The Morgan fingerprint density at radius 1 is 0.392 bits per heavy atom. The molecule has 0 saturated heterocycles. The summed E-state index contributed by atoms with van der Waals surface area (Å²) in [4.78, 5) is 11.7. The van der Waals surface area contributed by atoms with Crippen molar-refractivity contribution in [3.8, 4) is 34.0 Å². The fourth-order valence-electron chi connectivity index (χ4n) is 7.92. The zero-order valence-corrected chi connectivity index (χ0v) is 28.2. The number of hydrogen-bond donors (Lipinski definition) is 0. The normalized spacial score (nSPS) is 11.9. The third-order valence-corrected chi connectivity index (χ3v) is 11.2. The zero-order valence-electron chi connectivity index (χ0n) is 27.4. The Balaban J connectivity index is 1.15. The molecule has 0 saturated carbocycles. The van der Waals surface area contributed by atoms with E-state index < -0.39 is 0 Å². The van der Waals surface area contributed by atoms with Gasteiger partial charge in [-0.15, -0.1) is 11.3 Å². The van der Waals surface area contributed by atoms with E-state index >= 15 is 0 Å². The molecule has 11 aromatic rings. The van der Waals surface area contributed by atoms with Crippen LogP contribution in [0.1, 0.15) is 0 Å². The molecule has 0 N–H and O–H groups in total. The van der Waals surface area contributed by atoms with Crippen LogP contribution in [0.3, 0.4) is 0 Å². The predicted octanol–water partition coefficient (Wildman–Crippen LogP) is 12.4. The highest BCUT2D eigenvalue weighted by Crippen LogP contribution is 2.42. The monoisotopic (exact) mass is 668 g/mol. The minimum Gasteiger partial charge on any atom is -0.309 e. The van der Waals surface area contributed by atoms with E-state index in [1.54, 1.807) is 11.3 Å². The third-order valence-electron chi connectivity index (χ3n) is 10.1. The molecule has 7 aromatic carbocycles. The van der Waals surface area contributed by atoms with Gasteiger partial charge in [-0.3, -0.25) is 0 Å². The highest BCUT2D eigenvalue weighted by Gasteiger charge is 2.20. The van der Waals surface area contributed by atoms with Crippen LogP contribution in [0, 0.1) is 0 Å². The zero-order chi connectivity index (χ0) is 33.5. The van der Waals surface area contributed by atoms with E-state index in [0.29, 0.717) is 0 Å². The van der Waals surface area contributed by atoms with E-state index in [9.17, 15) is 0 Å². The number of hydrogen-bond acceptors (Lipinski definition) is 3. The quantitative estimate of drug-likeness (QED) is 0.187. The number of thiophene rings is 1. The molecule has 0 aliphatic heterocycles. The van der Waals surface area contributed by atoms with Crippen molar-refractivity contribution in [2.75, 3.05) is 0 Å². The molecular weight excluding hydrogens is 641 g/mol. The van der Waals surface area contributed by atoms with Crippen molar-refractivity contribution < 1.29 is 0 Å². The van der Waals surface area contributed by atoms with E-state index in [1.165, 1.54) is 53.7 Å². The number of para-hydroxylation sites is 4. The summed E-state index contributed by atoms with van der Waals surface area (Å²) < 4.78 is 5.92. The van der Waals surface area contributed by atoms with Gasteiger partial charge < -0.3 is 9.13 Å². The Kier molecular flexibility index (Phi) is 6.09. The Morgan fingerprint density at radius 3 is 1.69 bits per heavy atom. The van der Waals surface area contributed by atoms with Crippen LogP contribution in [-0.2, 0) is 0 Å². The average molecular weight is 669 g/mol. The molecule has 11 rings (SSSR count). The summed E-state index contributed by atoms with van der Waals surface area (Å²) in [5, 5.41) is 7.19. The molecule has 0 atom stereocenters. The lowest BCUT2D eigenvalue weighted by molar-refractivity contribution is 1.17. The smallest absolute Gasteiger partial charge is 0.161 e. The first-order chi connectivity index (χ1) is 25.3. The molecule has 4 heterocycles. The summed E-state index contributed by atoms with van der Waals surface area (Å²) in [6, 6.07) is 60.6. The predicted molar refractivity (Wildman–Crippen MR) is 214 cm³/mol. The van der Waals surface area contributed by atoms with E-state index in [1.807, 2.05) is 0 Å². The minimum atomic E-state index is 0.721. The SMILES string of the molecule is c1ccc(-n2c3ccccc3c3cc(-c4nc(-c5cccc(-n6c7ccccc7c7ccccc76)c5)nc5sc6ccccc6c45)ccc32)cc1. The van der Waals surface area contributed by atoms with Gasteiger partial charge in [-0.25, -0.2) is 9.97 Å². The molecule has 0 radical (unpaired) electrons. The molecule has 5 heteroatoms. The van der Waals surface area contributed by atoms with Crippen molar-refractivity contribution in [1.29, 1.82) is 0 Å². The fourth-order valence-corrected chi connectivity index (χ4v) is 9.00. The fraction of sp³-hybridized carbons (Fsp3) is 0. The van der Waals surface area contributed by atoms with Crippen molar-refractivity contribution in [3.63, 3.8) is 0 Å². The van der Waals surface area contributed by atoms with Crippen LogP contribution in [0.15, 0.2) is 170 Å². The molecule has 0 bridgehead atoms. The first kappa shape index (κ1) is 28.3. The van der Waals surface area contributed by atoms with Crippen LogP contribution in [0.4, 0.5) is 0 Å². The summed E-state index contributed by atoms with van der Waals surface area (Å²) in [5.74, 6) is 0.721. The van der Waals surface area contributed by atoms with E-state index in [-0.39, 0.29) is 0 Å². The van der Waals surface area contributed by atoms with Gasteiger partial charge in [-0.1, -0.05) is 109 Å². The summed E-state index contributed by atoms with van der Waals surface area (Å²) in [6.45, 7) is 0. The Morgan fingerprint density at radius 2 is 0.961 bits per heavy atom. The van der Waals surface area contributed by atoms with E-state index in [4.69, 9.17) is 9.97 Å². The number of aromatic nitrogens is 4. The third kappa shape index (κ3) is 4.25. The van der Waals surface area contributed by atoms with Gasteiger partial charge in [0.15, 0.2) is 5.82 Å². The second-order valence-corrected chi connectivity index (χ2v) is 14.0. The van der Waals surface area contributed by atoms with Crippen LogP contribution in [0.25, 0.3) is 97.9 Å². The molecule has 0 amide bonds. The second-order valence-electron chi connectivity index (χ2n) is 13.0. The van der Waals surface area contributed by atoms with Crippen molar-refractivity contribution in [3.05, 3.63) is 170 Å². The lowest BCUT2D eigenvalue weighted by Gasteiger charge is -2.11. The average Bonchev–Trinajstić information content (AvgIpc) is 3.85. The van der Waals surface area contributed by atoms with Gasteiger partial charge in [0.1, 0.15) is 4.83 Å². The van der Waals surface area contributed by atoms with Crippen molar-refractivity contribution in [1.82, 2.24) is 19.1 Å². The first-order valence-electron chi connectivity index (χ1n) is 17.2. The molecule has 0 aliphatic rings. The largest absolute Gasteiger partial charge is 0.309 e. The van der Waals surface area contributed by atoms with Gasteiger partial charge in [0.2, 0.25) is 0 Å². The summed E-state index contributed by atoms with van der Waals surface area (Å²) in [6.07, 6.45) is 0. The Bertz CT molecular complexity index is 3090. The molecule has 4 aromatic heterocycles. The molecule has 238 valence electrons. The van der Waals surface area contributed by atoms with E-state index in [2.05, 4.69) is 179 Å². The molecule has 4 nitrogen and oxygen atoms in total. The molecule has 0 unspecified atom stereocenters. The van der Waals surface area contributed by atoms with Gasteiger partial charge in [0, 0.05) is 59.5 Å². The van der Waals surface area contributed by atoms with Gasteiger partial charge in [0.25, 0.3) is 0 Å². The van der Waals surface area contributed by atoms with Crippen LogP contribution in [0.2, 0.25) is 0 Å². The molecule has 0 spiro atoms. The van der Waals surface area contributed by atoms with Crippen LogP contribution in [-0.4, -0.2) is 19.1 Å². The van der Waals surface area contributed by atoms with Crippen LogP contribution >= 0.6 is 11.3 Å². The minimum absolute atomic E-state index is 0.721. The van der Waals surface area contributed by atoms with E-state index in [0.717, 1.165) is 44.2 Å². The summed E-state index contributed by atoms with van der Waals surface area (Å²) in [7, 11) is 0. The maximum Gasteiger partial charge on any atom is 0.161 e. The topological polar surface area (TPSA) is 35.6 Å². The number of fused-ring (bicyclic) bond motifs is 9. The number of rotatable bonds is 4. The van der Waals surface area contributed by atoms with Gasteiger partial charge in [-0.2, -0.15) is 0 Å². The van der Waals surface area contributed by atoms with Gasteiger partial charge >= 0.3 is 0 Å². The molecular formula is C46H28N4S. The highest BCUT2D eigenvalue weighted by atomic mass is 32.1. The lowest BCUT2D eigenvalue weighted by atomic mass is 10.0. The van der Waals surface area contributed by atoms with Gasteiger partial charge in [-0.05, 0) is 60.7 Å². The molecule has 51 heavy (non-hydrogen) atoms. The van der Waals surface area contributed by atoms with Gasteiger partial charge in [0.05, 0.1) is 27.8 Å². The standard InChI is InChI=1S/C46H28N4S/c1-2-14-31(15-3-1)49-40-23-10-6-19-35(40)37-28-29(25-26-41(37)49)44-43-36-20-7-11-24-42(36)51-46(43)48-45(47-44)30-13-12-16-32(27-30)50-38-21-8-4-17-33(38)34-18-5-9-22-39(34)50/h1-28H. The molecule has 0 aliphatic carbocycles. The lowest BCUT2D eigenvalue weighted by Crippen LogP contribution is -1.97. The van der Waals surface area contributed by atoms with Crippen LogP contribution in [0.5, 0.6) is 0 Å². The highest BCUT2D eigenvalue weighted by molar-refractivity contribution is 7.25. The second kappa shape index (κ2) is 11.0. The van der Waals surface area contributed by atoms with Crippen molar-refractivity contribution in [2.24, 2.45) is 0 Å². The van der Waals surface area contributed by atoms with Crippen molar-refractivity contribution >= 4 is 75.3 Å². The number of benzene rings is 7. The first-order valence-corrected chi connectivity index (χ1v) is 18.0. The van der Waals surface area contributed by atoms with Crippen LogP contribution < -0.4 is 0 Å². The maximum atomic E-state index is 5.44. The summed E-state index contributed by atoms with van der Waals surface area (Å²) >= 11 is 1.73.